The fraction of sp³-hybridized carbons (Fsp3) is 0.333. The van der Waals surface area contributed by atoms with Crippen molar-refractivity contribution in [2.45, 2.75) is 25.7 Å². The number of benzene rings is 1. The number of aryl methyl sites for hydroxylation is 1. The number of methoxy groups -OCH3 is 1. The van der Waals surface area contributed by atoms with Crippen molar-refractivity contribution in [3.63, 3.8) is 0 Å². The Kier molecular flexibility index (Phi) is 4.09. The van der Waals surface area contributed by atoms with Crippen molar-refractivity contribution >= 4 is 12.0 Å². The second-order valence-corrected chi connectivity index (χ2v) is 5.53. The van der Waals surface area contributed by atoms with Crippen LogP contribution in [-0.4, -0.2) is 25.4 Å². The number of hydrogen-bond donors (Lipinski definition) is 1. The van der Waals surface area contributed by atoms with Gasteiger partial charge in [0.2, 0.25) is 0 Å². The number of rotatable bonds is 3. The van der Waals surface area contributed by atoms with Gasteiger partial charge in [-0.2, -0.15) is 0 Å². The van der Waals surface area contributed by atoms with Gasteiger partial charge < -0.3 is 10.5 Å². The molecule has 0 atom stereocenters. The molecule has 1 aromatic heterocycles. The van der Waals surface area contributed by atoms with Gasteiger partial charge in [-0.3, -0.25) is 4.99 Å². The molecule has 1 aliphatic rings. The summed E-state index contributed by atoms with van der Waals surface area (Å²) in [7, 11) is 3.44. The van der Waals surface area contributed by atoms with Crippen molar-refractivity contribution in [1.82, 2.24) is 4.98 Å². The molecular weight excluding hydrogens is 274 g/mol. The molecule has 1 heterocycles. The van der Waals surface area contributed by atoms with E-state index >= 15 is 0 Å². The van der Waals surface area contributed by atoms with Gasteiger partial charge >= 0.3 is 0 Å². The summed E-state index contributed by atoms with van der Waals surface area (Å²) < 4.78 is 5.26. The molecule has 0 amide bonds. The molecule has 1 aliphatic carbocycles. The van der Waals surface area contributed by atoms with Crippen LogP contribution in [0.4, 0.5) is 5.82 Å². The number of aromatic nitrogens is 1. The monoisotopic (exact) mass is 295 g/mol. The first-order valence-corrected chi connectivity index (χ1v) is 7.62. The van der Waals surface area contributed by atoms with Crippen molar-refractivity contribution < 1.29 is 4.74 Å². The molecule has 114 valence electrons. The van der Waals surface area contributed by atoms with Crippen LogP contribution >= 0.6 is 0 Å². The number of anilines is 1. The zero-order chi connectivity index (χ0) is 15.5. The van der Waals surface area contributed by atoms with Gasteiger partial charge in [0.25, 0.3) is 0 Å². The third-order valence-corrected chi connectivity index (χ3v) is 4.18. The summed E-state index contributed by atoms with van der Waals surface area (Å²) in [6.45, 7) is 0. The highest BCUT2D eigenvalue weighted by molar-refractivity contribution is 5.96. The van der Waals surface area contributed by atoms with E-state index in [9.17, 15) is 0 Å². The van der Waals surface area contributed by atoms with Crippen LogP contribution in [0, 0.1) is 0 Å². The highest BCUT2D eigenvalue weighted by Crippen LogP contribution is 2.36. The largest absolute Gasteiger partial charge is 0.497 e. The van der Waals surface area contributed by atoms with Gasteiger partial charge in [-0.1, -0.05) is 12.1 Å². The summed E-state index contributed by atoms with van der Waals surface area (Å²) in [6.07, 6.45) is 6.25. The van der Waals surface area contributed by atoms with Crippen LogP contribution in [0.2, 0.25) is 0 Å². The quantitative estimate of drug-likeness (QED) is 0.884. The van der Waals surface area contributed by atoms with Crippen molar-refractivity contribution in [1.29, 1.82) is 0 Å². The lowest BCUT2D eigenvalue weighted by molar-refractivity contribution is 0.415. The number of fused-ring (bicyclic) bond motifs is 1. The van der Waals surface area contributed by atoms with Gasteiger partial charge in [0.15, 0.2) is 0 Å². The Balaban J connectivity index is 2.23. The minimum Gasteiger partial charge on any atom is -0.497 e. The third kappa shape index (κ3) is 2.56. The van der Waals surface area contributed by atoms with E-state index in [1.54, 1.807) is 14.2 Å². The zero-order valence-electron chi connectivity index (χ0n) is 13.1. The zero-order valence-corrected chi connectivity index (χ0v) is 13.1. The molecule has 2 N–H and O–H groups in total. The Morgan fingerprint density at radius 1 is 1.18 bits per heavy atom. The number of ether oxygens (including phenoxy) is 1. The molecule has 0 aliphatic heterocycles. The number of nitrogens with two attached hydrogens (primary N) is 1. The molecule has 1 aromatic carbocycles. The maximum Gasteiger partial charge on any atom is 0.133 e. The molecule has 0 unspecified atom stereocenters. The summed E-state index contributed by atoms with van der Waals surface area (Å²) in [5, 5.41) is 0. The van der Waals surface area contributed by atoms with Gasteiger partial charge in [0, 0.05) is 24.5 Å². The molecule has 0 saturated carbocycles. The Labute approximate surface area is 131 Å². The van der Waals surface area contributed by atoms with Gasteiger partial charge in [0.1, 0.15) is 11.6 Å². The van der Waals surface area contributed by atoms with Crippen LogP contribution < -0.4 is 10.5 Å². The van der Waals surface area contributed by atoms with Crippen LogP contribution in [0.5, 0.6) is 5.75 Å². The summed E-state index contributed by atoms with van der Waals surface area (Å²) in [4.78, 5) is 8.78. The fourth-order valence-corrected chi connectivity index (χ4v) is 3.13. The van der Waals surface area contributed by atoms with E-state index in [1.165, 1.54) is 24.0 Å². The maximum absolute atomic E-state index is 6.20. The van der Waals surface area contributed by atoms with E-state index < -0.39 is 0 Å². The second-order valence-electron chi connectivity index (χ2n) is 5.53. The van der Waals surface area contributed by atoms with Crippen LogP contribution in [0.15, 0.2) is 29.3 Å². The lowest BCUT2D eigenvalue weighted by Crippen LogP contribution is -2.12. The molecule has 0 saturated heterocycles. The van der Waals surface area contributed by atoms with Crippen molar-refractivity contribution in [3.8, 4) is 16.9 Å². The number of hydrogen-bond acceptors (Lipinski definition) is 4. The Morgan fingerprint density at radius 3 is 2.59 bits per heavy atom. The SMILES string of the molecule is CN=Cc1c(N)nc2c(c1-c1ccc(OC)cc1)CCCC2. The minimum atomic E-state index is 0.567. The molecule has 0 fully saturated rings. The van der Waals surface area contributed by atoms with Crippen LogP contribution in [0.1, 0.15) is 29.7 Å². The number of aliphatic imine (C=N–C) groups is 1. The number of nitrogens with zero attached hydrogens (tertiary/aromatic N) is 2. The van der Waals surface area contributed by atoms with E-state index in [0.717, 1.165) is 35.4 Å². The molecule has 0 radical (unpaired) electrons. The Bertz CT molecular complexity index is 705. The molecule has 3 rings (SSSR count). The van der Waals surface area contributed by atoms with Crippen LogP contribution in [-0.2, 0) is 12.8 Å². The summed E-state index contributed by atoms with van der Waals surface area (Å²) >= 11 is 0. The first-order valence-electron chi connectivity index (χ1n) is 7.62. The average Bonchev–Trinajstić information content (AvgIpc) is 2.56. The van der Waals surface area contributed by atoms with Crippen LogP contribution in [0.3, 0.4) is 0 Å². The topological polar surface area (TPSA) is 60.5 Å². The molecule has 22 heavy (non-hydrogen) atoms. The van der Waals surface area contributed by atoms with Crippen molar-refractivity contribution in [2.75, 3.05) is 19.9 Å². The minimum absolute atomic E-state index is 0.567. The van der Waals surface area contributed by atoms with Gasteiger partial charge in [0.05, 0.1) is 7.11 Å². The van der Waals surface area contributed by atoms with E-state index in [2.05, 4.69) is 22.1 Å². The normalized spacial score (nSPS) is 14.1. The highest BCUT2D eigenvalue weighted by atomic mass is 16.5. The van der Waals surface area contributed by atoms with E-state index in [4.69, 9.17) is 10.5 Å². The second kappa shape index (κ2) is 6.18. The van der Waals surface area contributed by atoms with E-state index in [-0.39, 0.29) is 0 Å². The van der Waals surface area contributed by atoms with Gasteiger partial charge in [-0.15, -0.1) is 0 Å². The average molecular weight is 295 g/mol. The van der Waals surface area contributed by atoms with E-state index in [1.807, 2.05) is 18.3 Å². The van der Waals surface area contributed by atoms with Crippen molar-refractivity contribution in [2.24, 2.45) is 4.99 Å². The molecule has 4 heteroatoms. The molecule has 4 nitrogen and oxygen atoms in total. The Hall–Kier alpha value is -2.36. The Morgan fingerprint density at radius 2 is 1.91 bits per heavy atom. The lowest BCUT2D eigenvalue weighted by atomic mass is 9.86. The first-order chi connectivity index (χ1) is 10.7. The first kappa shape index (κ1) is 14.6. The predicted octanol–water partition coefficient (Wildman–Crippen LogP) is 3.27. The summed E-state index contributed by atoms with van der Waals surface area (Å²) in [5.74, 6) is 1.42. The van der Waals surface area contributed by atoms with Gasteiger partial charge in [-0.25, -0.2) is 4.98 Å². The smallest absolute Gasteiger partial charge is 0.133 e. The summed E-state index contributed by atoms with van der Waals surface area (Å²) in [6, 6.07) is 8.12. The molecule has 0 bridgehead atoms. The molecule has 0 spiro atoms. The van der Waals surface area contributed by atoms with Crippen LogP contribution in [0.25, 0.3) is 11.1 Å². The number of pyridine rings is 1. The highest BCUT2D eigenvalue weighted by Gasteiger charge is 2.21. The van der Waals surface area contributed by atoms with Gasteiger partial charge in [-0.05, 0) is 54.5 Å². The molecule has 2 aromatic rings. The number of nitrogen functional groups attached to an aromatic ring is 1. The lowest BCUT2D eigenvalue weighted by Gasteiger charge is -2.22. The predicted molar refractivity (Wildman–Crippen MR) is 90.8 cm³/mol. The van der Waals surface area contributed by atoms with Crippen molar-refractivity contribution in [3.05, 3.63) is 41.1 Å². The fourth-order valence-electron chi connectivity index (χ4n) is 3.13. The maximum atomic E-state index is 6.20. The van der Waals surface area contributed by atoms with E-state index in [0.29, 0.717) is 5.82 Å². The standard InChI is InChI=1S/C18H21N3O/c1-20-11-15-17(12-7-9-13(22-2)10-8-12)14-5-3-4-6-16(14)21-18(15)19/h7-11H,3-6H2,1-2H3,(H2,19,21). The summed E-state index contributed by atoms with van der Waals surface area (Å²) in [5.41, 5.74) is 11.9. The molecular formula is C18H21N3O. The third-order valence-electron chi connectivity index (χ3n) is 4.18.